The van der Waals surface area contributed by atoms with Crippen molar-refractivity contribution >= 4 is 11.6 Å². The maximum Gasteiger partial charge on any atom is 0.122 e. The van der Waals surface area contributed by atoms with Crippen LogP contribution in [-0.4, -0.2) is 32.4 Å². The summed E-state index contributed by atoms with van der Waals surface area (Å²) in [5.41, 5.74) is 0.933. The molecule has 0 aromatic heterocycles. The highest BCUT2D eigenvalue weighted by Gasteiger charge is 2.35. The number of methoxy groups -OCH3 is 2. The molecule has 0 fully saturated rings. The molecule has 0 amide bonds. The van der Waals surface area contributed by atoms with E-state index in [2.05, 4.69) is 26.1 Å². The minimum atomic E-state index is -0.177. The zero-order valence-corrected chi connectivity index (χ0v) is 14.6. The van der Waals surface area contributed by atoms with Gasteiger partial charge < -0.3 is 14.8 Å². The zero-order valence-electron chi connectivity index (χ0n) is 13.8. The van der Waals surface area contributed by atoms with Crippen LogP contribution in [0.5, 0.6) is 5.75 Å². The van der Waals surface area contributed by atoms with E-state index in [0.29, 0.717) is 0 Å². The van der Waals surface area contributed by atoms with Gasteiger partial charge in [0.2, 0.25) is 0 Å². The summed E-state index contributed by atoms with van der Waals surface area (Å²) >= 11 is 6.14. The van der Waals surface area contributed by atoms with Gasteiger partial charge in [-0.1, -0.05) is 32.4 Å². The van der Waals surface area contributed by atoms with E-state index in [1.165, 1.54) is 0 Å². The normalized spacial score (nSPS) is 13.2. The molecule has 0 heterocycles. The molecule has 1 N–H and O–H groups in total. The van der Waals surface area contributed by atoms with Gasteiger partial charge in [-0.25, -0.2) is 0 Å². The number of halogens is 1. The Morgan fingerprint density at radius 2 is 1.86 bits per heavy atom. The van der Waals surface area contributed by atoms with Crippen molar-refractivity contribution in [3.05, 3.63) is 28.8 Å². The summed E-state index contributed by atoms with van der Waals surface area (Å²) < 4.78 is 11.4. The monoisotopic (exact) mass is 313 g/mol. The van der Waals surface area contributed by atoms with Gasteiger partial charge >= 0.3 is 0 Å². The number of rotatable bonds is 9. The predicted molar refractivity (Wildman–Crippen MR) is 89.5 cm³/mol. The Labute approximate surface area is 134 Å². The van der Waals surface area contributed by atoms with Gasteiger partial charge in [-0.3, -0.25) is 0 Å². The number of nitrogens with one attached hydrogen (secondary N) is 1. The largest absolute Gasteiger partial charge is 0.496 e. The van der Waals surface area contributed by atoms with E-state index in [9.17, 15) is 0 Å². The van der Waals surface area contributed by atoms with E-state index in [1.807, 2.05) is 18.2 Å². The standard InChI is InChI=1S/C17H28ClNO2/c1-6-17(7-2,21-5)16(19-8-3)12-13-11-14(18)9-10-15(13)20-4/h9-11,16,19H,6-8,12H2,1-5H3. The lowest BCUT2D eigenvalue weighted by Gasteiger charge is -2.39. The summed E-state index contributed by atoms with van der Waals surface area (Å²) in [6.45, 7) is 7.37. The summed E-state index contributed by atoms with van der Waals surface area (Å²) in [4.78, 5) is 0. The second-order valence-corrected chi connectivity index (χ2v) is 5.68. The van der Waals surface area contributed by atoms with Crippen molar-refractivity contribution in [2.45, 2.75) is 51.7 Å². The summed E-state index contributed by atoms with van der Waals surface area (Å²) in [6, 6.07) is 5.98. The van der Waals surface area contributed by atoms with E-state index in [4.69, 9.17) is 21.1 Å². The molecule has 0 aliphatic rings. The first kappa shape index (κ1) is 18.3. The van der Waals surface area contributed by atoms with Crippen molar-refractivity contribution in [3.63, 3.8) is 0 Å². The molecule has 0 saturated carbocycles. The third-order valence-corrected chi connectivity index (χ3v) is 4.59. The van der Waals surface area contributed by atoms with Crippen molar-refractivity contribution in [3.8, 4) is 5.75 Å². The third-order valence-electron chi connectivity index (χ3n) is 4.36. The smallest absolute Gasteiger partial charge is 0.122 e. The van der Waals surface area contributed by atoms with Crippen LogP contribution >= 0.6 is 11.6 Å². The maximum atomic E-state index is 6.14. The number of ether oxygens (including phenoxy) is 2. The minimum Gasteiger partial charge on any atom is -0.496 e. The summed E-state index contributed by atoms with van der Waals surface area (Å²) in [5, 5.41) is 4.31. The molecule has 1 aromatic rings. The maximum absolute atomic E-state index is 6.14. The number of likely N-dealkylation sites (N-methyl/N-ethyl adjacent to an activating group) is 1. The predicted octanol–water partition coefficient (Wildman–Crippen LogP) is 4.07. The molecule has 3 nitrogen and oxygen atoms in total. The topological polar surface area (TPSA) is 30.5 Å². The molecule has 1 atom stereocenters. The number of benzene rings is 1. The molecule has 0 radical (unpaired) electrons. The molecule has 4 heteroatoms. The van der Waals surface area contributed by atoms with Crippen LogP contribution in [-0.2, 0) is 11.2 Å². The lowest BCUT2D eigenvalue weighted by Crippen LogP contribution is -2.52. The Morgan fingerprint density at radius 1 is 1.19 bits per heavy atom. The van der Waals surface area contributed by atoms with Crippen LogP contribution in [0, 0.1) is 0 Å². The first-order chi connectivity index (χ1) is 10.1. The molecular formula is C17H28ClNO2. The second-order valence-electron chi connectivity index (χ2n) is 5.25. The fourth-order valence-corrected chi connectivity index (χ4v) is 3.19. The Kier molecular flexibility index (Phi) is 7.50. The van der Waals surface area contributed by atoms with Gasteiger partial charge in [0.15, 0.2) is 0 Å². The molecule has 0 aliphatic carbocycles. The molecule has 21 heavy (non-hydrogen) atoms. The number of hydrogen-bond acceptors (Lipinski definition) is 3. The lowest BCUT2D eigenvalue weighted by molar-refractivity contribution is -0.0469. The van der Waals surface area contributed by atoms with Gasteiger partial charge in [0, 0.05) is 18.2 Å². The molecule has 1 aromatic carbocycles. The van der Waals surface area contributed by atoms with Gasteiger partial charge in [0.1, 0.15) is 5.75 Å². The molecule has 0 bridgehead atoms. The highest BCUT2D eigenvalue weighted by molar-refractivity contribution is 6.30. The quantitative estimate of drug-likeness (QED) is 0.745. The highest BCUT2D eigenvalue weighted by Crippen LogP contribution is 2.30. The summed E-state index contributed by atoms with van der Waals surface area (Å²) in [5.74, 6) is 0.875. The Morgan fingerprint density at radius 3 is 2.33 bits per heavy atom. The fourth-order valence-electron chi connectivity index (χ4n) is 2.99. The third kappa shape index (κ3) is 4.35. The van der Waals surface area contributed by atoms with Crippen molar-refractivity contribution in [1.82, 2.24) is 5.32 Å². The Hall–Kier alpha value is -0.770. The molecule has 1 unspecified atom stereocenters. The second kappa shape index (κ2) is 8.62. The first-order valence-electron chi connectivity index (χ1n) is 7.67. The van der Waals surface area contributed by atoms with E-state index in [1.54, 1.807) is 14.2 Å². The molecule has 0 spiro atoms. The highest BCUT2D eigenvalue weighted by atomic mass is 35.5. The van der Waals surface area contributed by atoms with Crippen molar-refractivity contribution in [2.75, 3.05) is 20.8 Å². The fraction of sp³-hybridized carbons (Fsp3) is 0.647. The average Bonchev–Trinajstić information content (AvgIpc) is 2.50. The molecule has 0 saturated heterocycles. The van der Waals surface area contributed by atoms with Crippen LogP contribution in [0.4, 0.5) is 0 Å². The van der Waals surface area contributed by atoms with Gasteiger partial charge in [0.05, 0.1) is 12.7 Å². The zero-order chi connectivity index (χ0) is 15.9. The molecule has 0 aliphatic heterocycles. The van der Waals surface area contributed by atoms with Crippen LogP contribution in [0.2, 0.25) is 5.02 Å². The molecular weight excluding hydrogens is 286 g/mol. The SMILES string of the molecule is CCNC(Cc1cc(Cl)ccc1OC)C(CC)(CC)OC. The minimum absolute atomic E-state index is 0.177. The van der Waals surface area contributed by atoms with Gasteiger partial charge in [0.25, 0.3) is 0 Å². The summed E-state index contributed by atoms with van der Waals surface area (Å²) in [6.07, 6.45) is 2.74. The van der Waals surface area contributed by atoms with Crippen LogP contribution in [0.3, 0.4) is 0 Å². The lowest BCUT2D eigenvalue weighted by atomic mass is 9.84. The van der Waals surface area contributed by atoms with Crippen LogP contribution in [0.1, 0.15) is 39.2 Å². The Bertz CT molecular complexity index is 425. The van der Waals surface area contributed by atoms with Crippen molar-refractivity contribution in [2.24, 2.45) is 0 Å². The van der Waals surface area contributed by atoms with Crippen LogP contribution < -0.4 is 10.1 Å². The van der Waals surface area contributed by atoms with Gasteiger partial charge in [-0.05, 0) is 49.6 Å². The van der Waals surface area contributed by atoms with Crippen LogP contribution in [0.25, 0.3) is 0 Å². The first-order valence-corrected chi connectivity index (χ1v) is 8.05. The van der Waals surface area contributed by atoms with Gasteiger partial charge in [-0.2, -0.15) is 0 Å². The van der Waals surface area contributed by atoms with Gasteiger partial charge in [-0.15, -0.1) is 0 Å². The van der Waals surface area contributed by atoms with Crippen molar-refractivity contribution in [1.29, 1.82) is 0 Å². The van der Waals surface area contributed by atoms with E-state index >= 15 is 0 Å². The molecule has 120 valence electrons. The van der Waals surface area contributed by atoms with Crippen molar-refractivity contribution < 1.29 is 9.47 Å². The van der Waals surface area contributed by atoms with Crippen LogP contribution in [0.15, 0.2) is 18.2 Å². The van der Waals surface area contributed by atoms with E-state index < -0.39 is 0 Å². The number of hydrogen-bond donors (Lipinski definition) is 1. The van der Waals surface area contributed by atoms with E-state index in [-0.39, 0.29) is 11.6 Å². The Balaban J connectivity index is 3.10. The average molecular weight is 314 g/mol. The van der Waals surface area contributed by atoms with E-state index in [0.717, 1.165) is 42.1 Å². The summed E-state index contributed by atoms with van der Waals surface area (Å²) in [7, 11) is 3.49. The molecule has 1 rings (SSSR count).